The van der Waals surface area contributed by atoms with Crippen molar-refractivity contribution in [3.63, 3.8) is 0 Å². The van der Waals surface area contributed by atoms with Crippen LogP contribution < -0.4 is 10.6 Å². The number of alkyl halides is 3. The Kier molecular flexibility index (Phi) is 2.80. The average molecular weight is 230 g/mol. The van der Waals surface area contributed by atoms with Gasteiger partial charge in [-0.2, -0.15) is 13.2 Å². The Balaban J connectivity index is 2.22. The number of hydrogen-bond acceptors (Lipinski definition) is 2. The molecule has 1 aromatic carbocycles. The van der Waals surface area contributed by atoms with Gasteiger partial charge in [-0.15, -0.1) is 0 Å². The zero-order chi connectivity index (χ0) is 11.8. The van der Waals surface area contributed by atoms with Crippen LogP contribution in [0, 0.1) is 5.92 Å². The highest BCUT2D eigenvalue weighted by Crippen LogP contribution is 2.38. The maximum atomic E-state index is 12.7. The number of rotatable bonds is 2. The minimum Gasteiger partial charge on any atom is -0.370 e. The van der Waals surface area contributed by atoms with E-state index in [2.05, 4.69) is 0 Å². The average Bonchev–Trinajstić information content (AvgIpc) is 2.15. The third-order valence-electron chi connectivity index (χ3n) is 2.84. The zero-order valence-electron chi connectivity index (χ0n) is 8.67. The van der Waals surface area contributed by atoms with Gasteiger partial charge in [-0.1, -0.05) is 12.1 Å². The molecule has 0 saturated carbocycles. The quantitative estimate of drug-likeness (QED) is 0.843. The maximum absolute atomic E-state index is 12.7. The van der Waals surface area contributed by atoms with Crippen LogP contribution in [0.15, 0.2) is 24.3 Å². The first-order chi connectivity index (χ1) is 7.52. The zero-order valence-corrected chi connectivity index (χ0v) is 8.67. The first-order valence-electron chi connectivity index (χ1n) is 5.13. The van der Waals surface area contributed by atoms with Gasteiger partial charge in [-0.3, -0.25) is 0 Å². The number of anilines is 1. The van der Waals surface area contributed by atoms with E-state index in [0.717, 1.165) is 6.07 Å². The molecular formula is C11H13F3N2. The van der Waals surface area contributed by atoms with Gasteiger partial charge in [0.2, 0.25) is 0 Å². The summed E-state index contributed by atoms with van der Waals surface area (Å²) in [5.74, 6) is 0.321. The van der Waals surface area contributed by atoms with E-state index >= 15 is 0 Å². The second kappa shape index (κ2) is 3.97. The molecule has 0 aromatic heterocycles. The molecule has 0 spiro atoms. The maximum Gasteiger partial charge on any atom is 0.418 e. The molecule has 2 N–H and O–H groups in total. The molecule has 0 atom stereocenters. The highest BCUT2D eigenvalue weighted by Gasteiger charge is 2.37. The lowest BCUT2D eigenvalue weighted by Gasteiger charge is -2.41. The van der Waals surface area contributed by atoms with Crippen LogP contribution in [0.4, 0.5) is 18.9 Å². The van der Waals surface area contributed by atoms with Crippen LogP contribution in [0.25, 0.3) is 0 Å². The molecule has 1 aromatic rings. The standard InChI is InChI=1S/C11H13F3N2/c12-11(13,14)9-3-1-2-4-10(9)16-6-8(5-15)7-16/h1-4,8H,5-7,15H2. The summed E-state index contributed by atoms with van der Waals surface area (Å²) in [6.45, 7) is 1.76. The third kappa shape index (κ3) is 2.00. The Labute approximate surface area is 91.8 Å². The van der Waals surface area contributed by atoms with Gasteiger partial charge in [0, 0.05) is 24.7 Å². The Morgan fingerprint density at radius 2 is 1.88 bits per heavy atom. The van der Waals surface area contributed by atoms with Gasteiger partial charge in [0.25, 0.3) is 0 Å². The van der Waals surface area contributed by atoms with E-state index in [1.807, 2.05) is 0 Å². The summed E-state index contributed by atoms with van der Waals surface area (Å²) in [5.41, 5.74) is 5.15. The van der Waals surface area contributed by atoms with Crippen molar-refractivity contribution in [1.29, 1.82) is 0 Å². The number of para-hydroxylation sites is 1. The van der Waals surface area contributed by atoms with Crippen molar-refractivity contribution < 1.29 is 13.2 Å². The molecule has 1 heterocycles. The summed E-state index contributed by atoms with van der Waals surface area (Å²) in [6, 6.07) is 5.66. The third-order valence-corrected chi connectivity index (χ3v) is 2.84. The van der Waals surface area contributed by atoms with Crippen molar-refractivity contribution >= 4 is 5.69 Å². The Morgan fingerprint density at radius 1 is 1.25 bits per heavy atom. The van der Waals surface area contributed by atoms with Crippen molar-refractivity contribution in [2.24, 2.45) is 11.7 Å². The van der Waals surface area contributed by atoms with Crippen LogP contribution in [0.5, 0.6) is 0 Å². The molecule has 16 heavy (non-hydrogen) atoms. The van der Waals surface area contributed by atoms with E-state index in [-0.39, 0.29) is 5.69 Å². The van der Waals surface area contributed by atoms with Gasteiger partial charge in [0.1, 0.15) is 0 Å². The molecule has 2 nitrogen and oxygen atoms in total. The van der Waals surface area contributed by atoms with E-state index in [1.165, 1.54) is 12.1 Å². The lowest BCUT2D eigenvalue weighted by atomic mass is 9.98. The largest absolute Gasteiger partial charge is 0.418 e. The summed E-state index contributed by atoms with van der Waals surface area (Å²) in [6.07, 6.45) is -4.29. The summed E-state index contributed by atoms with van der Waals surface area (Å²) < 4.78 is 38.1. The van der Waals surface area contributed by atoms with E-state index < -0.39 is 11.7 Å². The molecule has 2 rings (SSSR count). The summed E-state index contributed by atoms with van der Waals surface area (Å²) in [5, 5.41) is 0. The predicted molar refractivity (Wildman–Crippen MR) is 56.2 cm³/mol. The molecule has 88 valence electrons. The Hall–Kier alpha value is -1.23. The smallest absolute Gasteiger partial charge is 0.370 e. The lowest BCUT2D eigenvalue weighted by molar-refractivity contribution is -0.137. The molecule has 0 radical (unpaired) electrons. The van der Waals surface area contributed by atoms with Crippen LogP contribution in [0.2, 0.25) is 0 Å². The second-order valence-corrected chi connectivity index (χ2v) is 4.02. The minimum absolute atomic E-state index is 0.264. The van der Waals surface area contributed by atoms with Crippen molar-refractivity contribution in [3.05, 3.63) is 29.8 Å². The van der Waals surface area contributed by atoms with E-state index in [0.29, 0.717) is 25.6 Å². The Morgan fingerprint density at radius 3 is 2.44 bits per heavy atom. The van der Waals surface area contributed by atoms with Crippen LogP contribution in [0.1, 0.15) is 5.56 Å². The number of benzene rings is 1. The molecule has 0 unspecified atom stereocenters. The summed E-state index contributed by atoms with van der Waals surface area (Å²) in [4.78, 5) is 1.72. The lowest BCUT2D eigenvalue weighted by Crippen LogP contribution is -2.50. The number of hydrogen-bond donors (Lipinski definition) is 1. The number of nitrogens with zero attached hydrogens (tertiary/aromatic N) is 1. The topological polar surface area (TPSA) is 29.3 Å². The van der Waals surface area contributed by atoms with Gasteiger partial charge >= 0.3 is 6.18 Å². The fraction of sp³-hybridized carbons (Fsp3) is 0.455. The molecule has 1 saturated heterocycles. The Bertz CT molecular complexity index is 370. The van der Waals surface area contributed by atoms with Gasteiger partial charge in [-0.05, 0) is 18.7 Å². The van der Waals surface area contributed by atoms with Crippen LogP contribution in [0.3, 0.4) is 0 Å². The molecule has 0 amide bonds. The van der Waals surface area contributed by atoms with Gasteiger partial charge < -0.3 is 10.6 Å². The monoisotopic (exact) mass is 230 g/mol. The first-order valence-corrected chi connectivity index (χ1v) is 5.13. The molecule has 1 aliphatic heterocycles. The molecule has 5 heteroatoms. The van der Waals surface area contributed by atoms with Gasteiger partial charge in [0.15, 0.2) is 0 Å². The fourth-order valence-corrected chi connectivity index (χ4v) is 1.90. The molecule has 1 aliphatic rings. The van der Waals surface area contributed by atoms with Crippen molar-refractivity contribution in [2.75, 3.05) is 24.5 Å². The van der Waals surface area contributed by atoms with Gasteiger partial charge in [-0.25, -0.2) is 0 Å². The van der Waals surface area contributed by atoms with E-state index in [9.17, 15) is 13.2 Å². The van der Waals surface area contributed by atoms with Crippen molar-refractivity contribution in [2.45, 2.75) is 6.18 Å². The van der Waals surface area contributed by atoms with Crippen LogP contribution in [-0.2, 0) is 6.18 Å². The second-order valence-electron chi connectivity index (χ2n) is 4.02. The normalized spacial score (nSPS) is 17.4. The fourth-order valence-electron chi connectivity index (χ4n) is 1.90. The number of nitrogens with two attached hydrogens (primary N) is 1. The molecule has 0 bridgehead atoms. The first kappa shape index (κ1) is 11.3. The molecule has 1 fully saturated rings. The van der Waals surface area contributed by atoms with E-state index in [1.54, 1.807) is 11.0 Å². The van der Waals surface area contributed by atoms with Crippen LogP contribution >= 0.6 is 0 Å². The number of halogens is 3. The highest BCUT2D eigenvalue weighted by molar-refractivity contribution is 5.56. The van der Waals surface area contributed by atoms with Crippen molar-refractivity contribution in [1.82, 2.24) is 0 Å². The molecule has 0 aliphatic carbocycles. The van der Waals surface area contributed by atoms with E-state index in [4.69, 9.17) is 5.73 Å². The van der Waals surface area contributed by atoms with Crippen molar-refractivity contribution in [3.8, 4) is 0 Å². The summed E-state index contributed by atoms with van der Waals surface area (Å²) >= 11 is 0. The minimum atomic E-state index is -4.29. The SMILES string of the molecule is NCC1CN(c2ccccc2C(F)(F)F)C1. The molecular weight excluding hydrogens is 217 g/mol. The predicted octanol–water partition coefficient (Wildman–Crippen LogP) is 2.10. The van der Waals surface area contributed by atoms with Gasteiger partial charge in [0.05, 0.1) is 5.56 Å². The highest BCUT2D eigenvalue weighted by atomic mass is 19.4. The van der Waals surface area contributed by atoms with Crippen LogP contribution in [-0.4, -0.2) is 19.6 Å². The summed E-state index contributed by atoms with van der Waals surface area (Å²) in [7, 11) is 0.